The van der Waals surface area contributed by atoms with E-state index in [1.54, 1.807) is 0 Å². The first-order chi connectivity index (χ1) is 3.18. The molecule has 2 unspecified atom stereocenters. The molecule has 0 saturated carbocycles. The Morgan fingerprint density at radius 1 is 1.75 bits per heavy atom. The predicted octanol–water partition coefficient (Wildman–Crippen LogP) is 0.629. The minimum atomic E-state index is 0. The van der Waals surface area contributed by atoms with Crippen LogP contribution in [0.3, 0.4) is 0 Å². The maximum absolute atomic E-state index is 8.33. The quantitative estimate of drug-likeness (QED) is 0.532. The van der Waals surface area contributed by atoms with Crippen molar-refractivity contribution >= 4 is 9.39 Å². The standard InChI is InChI=1S/C4H11NOP.Y/c1-4(3-6)5(2)7;/h3-4,6H,7H2,1-2H3;/q-1;. The third kappa shape index (κ3) is 5.59. The van der Waals surface area contributed by atoms with E-state index in [9.17, 15) is 0 Å². The van der Waals surface area contributed by atoms with Crippen molar-refractivity contribution in [3.8, 4) is 0 Å². The van der Waals surface area contributed by atoms with Crippen LogP contribution in [0.4, 0.5) is 0 Å². The van der Waals surface area contributed by atoms with E-state index in [-0.39, 0.29) is 38.8 Å². The Morgan fingerprint density at radius 2 is 2.12 bits per heavy atom. The Balaban J connectivity index is 0. The Morgan fingerprint density at radius 3 is 2.12 bits per heavy atom. The third-order valence-corrected chi connectivity index (χ3v) is 1.33. The Hall–Kier alpha value is 1.45. The molecule has 0 saturated heterocycles. The number of aliphatic hydroxyl groups excluding tert-OH is 1. The van der Waals surface area contributed by atoms with Crippen molar-refractivity contribution in [2.45, 2.75) is 13.0 Å². The molecular formula is C4H11NOPY-. The fourth-order valence-electron chi connectivity index (χ4n) is 0.105. The van der Waals surface area contributed by atoms with Crippen LogP contribution in [-0.2, 0) is 32.7 Å². The van der Waals surface area contributed by atoms with Crippen LogP contribution in [0.5, 0.6) is 0 Å². The molecule has 0 aliphatic carbocycles. The number of aliphatic hydroxyl groups is 1. The van der Waals surface area contributed by atoms with Gasteiger partial charge in [0.15, 0.2) is 0 Å². The molecule has 0 bridgehead atoms. The van der Waals surface area contributed by atoms with Crippen molar-refractivity contribution < 1.29 is 37.8 Å². The molecule has 0 spiro atoms. The van der Waals surface area contributed by atoms with Crippen LogP contribution >= 0.6 is 9.39 Å². The fraction of sp³-hybridized carbons (Fsp3) is 0.750. The summed E-state index contributed by atoms with van der Waals surface area (Å²) < 4.78 is 1.83. The van der Waals surface area contributed by atoms with Crippen LogP contribution in [0, 0.1) is 6.61 Å². The summed E-state index contributed by atoms with van der Waals surface area (Å²) in [5.41, 5.74) is 0. The zero-order valence-electron chi connectivity index (χ0n) is 5.20. The third-order valence-electron chi connectivity index (χ3n) is 0.858. The Bertz CT molecular complexity index is 53.3. The number of likely N-dealkylation sites (N-methyl/N-ethyl adjacent to an activating group) is 1. The molecule has 1 radical (unpaired) electrons. The summed E-state index contributed by atoms with van der Waals surface area (Å²) in [6.07, 6.45) is 0. The van der Waals surface area contributed by atoms with Crippen molar-refractivity contribution in [1.82, 2.24) is 4.67 Å². The first-order valence-electron chi connectivity index (χ1n) is 2.13. The van der Waals surface area contributed by atoms with Gasteiger partial charge in [-0.15, -0.1) is 0 Å². The molecule has 47 valence electrons. The molecule has 0 aromatic rings. The average Bonchev–Trinajstić information content (AvgIpc) is 1.65. The molecule has 0 fully saturated rings. The molecular weight excluding hydrogens is 198 g/mol. The molecule has 0 aliphatic heterocycles. The molecule has 4 heteroatoms. The summed E-state index contributed by atoms with van der Waals surface area (Å²) >= 11 is 0. The zero-order chi connectivity index (χ0) is 5.86. The Kier molecular flexibility index (Phi) is 9.99. The van der Waals surface area contributed by atoms with E-state index in [0.29, 0.717) is 0 Å². The van der Waals surface area contributed by atoms with Crippen LogP contribution in [-0.4, -0.2) is 22.9 Å². The largest absolute Gasteiger partial charge is 0.564 e. The molecule has 0 aromatic carbocycles. The van der Waals surface area contributed by atoms with E-state index in [0.717, 1.165) is 6.61 Å². The van der Waals surface area contributed by atoms with Gasteiger partial charge in [-0.25, -0.2) is 0 Å². The van der Waals surface area contributed by atoms with E-state index >= 15 is 0 Å². The molecule has 0 heterocycles. The van der Waals surface area contributed by atoms with Gasteiger partial charge in [-0.3, -0.25) is 0 Å². The normalized spacial score (nSPS) is 13.1. The van der Waals surface area contributed by atoms with Crippen LogP contribution in [0.1, 0.15) is 6.92 Å². The maximum atomic E-state index is 8.33. The maximum Gasteiger partial charge on any atom is 0 e. The molecule has 0 aliphatic rings. The van der Waals surface area contributed by atoms with E-state index in [1.807, 2.05) is 18.6 Å². The van der Waals surface area contributed by atoms with Gasteiger partial charge >= 0.3 is 0 Å². The first-order valence-corrected chi connectivity index (χ1v) is 2.65. The zero-order valence-corrected chi connectivity index (χ0v) is 9.20. The van der Waals surface area contributed by atoms with E-state index in [4.69, 9.17) is 5.11 Å². The monoisotopic (exact) mass is 209 g/mol. The second-order valence-electron chi connectivity index (χ2n) is 1.56. The SMILES string of the molecule is CC([CH-]O)N(C)P.[Y]. The molecule has 0 rings (SSSR count). The minimum Gasteiger partial charge on any atom is -0.564 e. The van der Waals surface area contributed by atoms with Crippen molar-refractivity contribution in [3.63, 3.8) is 0 Å². The van der Waals surface area contributed by atoms with Gasteiger partial charge in [0.1, 0.15) is 0 Å². The van der Waals surface area contributed by atoms with E-state index in [2.05, 4.69) is 9.39 Å². The van der Waals surface area contributed by atoms with Crippen molar-refractivity contribution in [3.05, 3.63) is 6.61 Å². The first kappa shape index (κ1) is 12.2. The van der Waals surface area contributed by atoms with Gasteiger partial charge in [0.2, 0.25) is 0 Å². The van der Waals surface area contributed by atoms with Crippen molar-refractivity contribution in [2.24, 2.45) is 0 Å². The summed E-state index contributed by atoms with van der Waals surface area (Å²) in [5.74, 6) is 0. The van der Waals surface area contributed by atoms with Gasteiger partial charge in [0.25, 0.3) is 0 Å². The molecule has 1 N–H and O–H groups in total. The summed E-state index contributed by atoms with van der Waals surface area (Å²) in [4.78, 5) is 0. The van der Waals surface area contributed by atoms with Crippen LogP contribution in [0.25, 0.3) is 0 Å². The van der Waals surface area contributed by atoms with E-state index in [1.165, 1.54) is 0 Å². The Labute approximate surface area is 78.2 Å². The second-order valence-corrected chi connectivity index (χ2v) is 2.37. The molecule has 0 amide bonds. The predicted molar refractivity (Wildman–Crippen MR) is 33.2 cm³/mol. The second kappa shape index (κ2) is 6.57. The summed E-state index contributed by atoms with van der Waals surface area (Å²) in [7, 11) is 4.34. The minimum absolute atomic E-state index is 0. The molecule has 0 aromatic heterocycles. The van der Waals surface area contributed by atoms with Crippen molar-refractivity contribution in [1.29, 1.82) is 0 Å². The van der Waals surface area contributed by atoms with Crippen molar-refractivity contribution in [2.75, 3.05) is 7.05 Å². The van der Waals surface area contributed by atoms with Crippen LogP contribution in [0.2, 0.25) is 0 Å². The fourth-order valence-corrected chi connectivity index (χ4v) is 0.182. The van der Waals surface area contributed by atoms with Gasteiger partial charge < -0.3 is 9.78 Å². The molecule has 2 nitrogen and oxygen atoms in total. The number of hydrogen-bond acceptors (Lipinski definition) is 2. The van der Waals surface area contributed by atoms with Gasteiger partial charge in [0, 0.05) is 32.7 Å². The smallest absolute Gasteiger partial charge is 0 e. The van der Waals surface area contributed by atoms with Crippen LogP contribution < -0.4 is 0 Å². The number of hydrogen-bond donors (Lipinski definition) is 1. The van der Waals surface area contributed by atoms with Gasteiger partial charge in [-0.05, 0) is 7.05 Å². The van der Waals surface area contributed by atoms with Crippen LogP contribution in [0.15, 0.2) is 0 Å². The van der Waals surface area contributed by atoms with Gasteiger partial charge in [-0.1, -0.05) is 22.4 Å². The topological polar surface area (TPSA) is 23.5 Å². The van der Waals surface area contributed by atoms with Gasteiger partial charge in [0.05, 0.1) is 0 Å². The number of rotatable bonds is 2. The average molecular weight is 209 g/mol. The summed E-state index contributed by atoms with van der Waals surface area (Å²) in [5, 5.41) is 8.33. The summed E-state index contributed by atoms with van der Waals surface area (Å²) in [6, 6.07) is 0.130. The van der Waals surface area contributed by atoms with Gasteiger partial charge in [-0.2, -0.15) is 6.61 Å². The van der Waals surface area contributed by atoms with E-state index < -0.39 is 0 Å². The molecule has 2 atom stereocenters. The summed E-state index contributed by atoms with van der Waals surface area (Å²) in [6.45, 7) is 3.04. The number of nitrogens with zero attached hydrogens (tertiary/aromatic N) is 1. The molecule has 8 heavy (non-hydrogen) atoms.